The van der Waals surface area contributed by atoms with Gasteiger partial charge in [0.05, 0.1) is 20.3 Å². The third kappa shape index (κ3) is 4.60. The van der Waals surface area contributed by atoms with Gasteiger partial charge in [0.15, 0.2) is 23.2 Å². The summed E-state index contributed by atoms with van der Waals surface area (Å²) in [5, 5.41) is 9.26. The van der Waals surface area contributed by atoms with E-state index in [4.69, 9.17) is 9.47 Å². The topological polar surface area (TPSA) is 79.6 Å². The minimum Gasteiger partial charge on any atom is -0.493 e. The highest BCUT2D eigenvalue weighted by Gasteiger charge is 2.29. The second-order valence-electron chi connectivity index (χ2n) is 5.80. The van der Waals surface area contributed by atoms with Crippen LogP contribution in [0.2, 0.25) is 0 Å². The summed E-state index contributed by atoms with van der Waals surface area (Å²) in [5.74, 6) is -1.06. The van der Waals surface area contributed by atoms with Gasteiger partial charge < -0.3 is 14.4 Å². The average molecular weight is 342 g/mol. The van der Waals surface area contributed by atoms with E-state index in [1.807, 2.05) is 6.07 Å². The predicted octanol–water partition coefficient (Wildman–Crippen LogP) is 2.44. The van der Waals surface area contributed by atoms with Crippen LogP contribution in [0, 0.1) is 17.2 Å². The molecule has 0 aliphatic carbocycles. The number of rotatable bonds is 6. The minimum absolute atomic E-state index is 0.399. The fraction of sp³-hybridized carbons (Fsp3) is 0.421. The van der Waals surface area contributed by atoms with Gasteiger partial charge in [-0.25, -0.2) is 0 Å². The van der Waals surface area contributed by atoms with Gasteiger partial charge in [0.25, 0.3) is 0 Å². The first-order valence-corrected chi connectivity index (χ1v) is 8.23. The van der Waals surface area contributed by atoms with Gasteiger partial charge in [-0.15, -0.1) is 0 Å². The Morgan fingerprint density at radius 1 is 1.16 bits per heavy atom. The standard InChI is InChI=1S/C19H22N2O4/c1-24-17-9-7-14(12-18(17)25-2)6-8-16(22)15(13-20)19(23)21-10-4-3-5-11-21/h6-9,12,15H,3-5,10-11H2,1-2H3/b8-6+/t15-/m0/s1. The number of hydrogen-bond donors (Lipinski definition) is 0. The Balaban J connectivity index is 2.09. The Morgan fingerprint density at radius 2 is 1.84 bits per heavy atom. The van der Waals surface area contributed by atoms with Crippen LogP contribution in [-0.2, 0) is 9.59 Å². The van der Waals surface area contributed by atoms with Crippen LogP contribution in [0.1, 0.15) is 24.8 Å². The molecule has 6 heteroatoms. The highest BCUT2D eigenvalue weighted by atomic mass is 16.5. The number of likely N-dealkylation sites (tertiary alicyclic amines) is 1. The second-order valence-corrected chi connectivity index (χ2v) is 5.80. The lowest BCUT2D eigenvalue weighted by Gasteiger charge is -2.27. The van der Waals surface area contributed by atoms with Gasteiger partial charge in [-0.1, -0.05) is 12.1 Å². The van der Waals surface area contributed by atoms with Crippen LogP contribution < -0.4 is 9.47 Å². The Morgan fingerprint density at radius 3 is 2.44 bits per heavy atom. The maximum Gasteiger partial charge on any atom is 0.247 e. The van der Waals surface area contributed by atoms with Gasteiger partial charge in [-0.05, 0) is 43.0 Å². The Hall–Kier alpha value is -2.81. The summed E-state index contributed by atoms with van der Waals surface area (Å²) in [6.07, 6.45) is 5.75. The van der Waals surface area contributed by atoms with Crippen molar-refractivity contribution in [2.75, 3.05) is 27.3 Å². The van der Waals surface area contributed by atoms with Crippen LogP contribution in [0.4, 0.5) is 0 Å². The van der Waals surface area contributed by atoms with E-state index in [-0.39, 0.29) is 0 Å². The van der Waals surface area contributed by atoms with Gasteiger partial charge >= 0.3 is 0 Å². The Kier molecular flexibility index (Phi) is 6.58. The predicted molar refractivity (Wildman–Crippen MR) is 93.1 cm³/mol. The number of piperidine rings is 1. The Labute approximate surface area is 147 Å². The number of amides is 1. The number of nitriles is 1. The van der Waals surface area contributed by atoms with Crippen molar-refractivity contribution in [3.05, 3.63) is 29.8 Å². The first-order chi connectivity index (χ1) is 12.1. The molecule has 6 nitrogen and oxygen atoms in total. The van der Waals surface area contributed by atoms with Crippen LogP contribution in [0.5, 0.6) is 11.5 Å². The zero-order valence-corrected chi connectivity index (χ0v) is 14.5. The van der Waals surface area contributed by atoms with Crippen molar-refractivity contribution in [1.82, 2.24) is 4.90 Å². The highest BCUT2D eigenvalue weighted by molar-refractivity contribution is 6.10. The largest absolute Gasteiger partial charge is 0.493 e. The van der Waals surface area contributed by atoms with Gasteiger partial charge in [0.1, 0.15) is 0 Å². The van der Waals surface area contributed by atoms with Gasteiger partial charge in [-0.3, -0.25) is 9.59 Å². The van der Waals surface area contributed by atoms with Crippen molar-refractivity contribution in [1.29, 1.82) is 5.26 Å². The number of carbonyl (C=O) groups excluding carboxylic acids is 2. The van der Waals surface area contributed by atoms with E-state index in [0.29, 0.717) is 30.2 Å². The fourth-order valence-corrected chi connectivity index (χ4v) is 2.77. The SMILES string of the molecule is COc1ccc(/C=C/C(=O)[C@H](C#N)C(=O)N2CCCCC2)cc1OC. The number of carbonyl (C=O) groups is 2. The summed E-state index contributed by atoms with van der Waals surface area (Å²) in [7, 11) is 3.07. The van der Waals surface area contributed by atoms with Crippen LogP contribution in [0.3, 0.4) is 0 Å². The molecule has 0 radical (unpaired) electrons. The van der Waals surface area contributed by atoms with Crippen molar-refractivity contribution >= 4 is 17.8 Å². The summed E-state index contributed by atoms with van der Waals surface area (Å²) in [5.41, 5.74) is 0.716. The van der Waals surface area contributed by atoms with E-state index in [1.165, 1.54) is 13.2 Å². The highest BCUT2D eigenvalue weighted by Crippen LogP contribution is 2.28. The molecule has 25 heavy (non-hydrogen) atoms. The number of allylic oxidation sites excluding steroid dienone is 1. The minimum atomic E-state index is -1.28. The lowest BCUT2D eigenvalue weighted by molar-refractivity contribution is -0.138. The maximum absolute atomic E-state index is 12.4. The van der Waals surface area contributed by atoms with E-state index in [2.05, 4.69) is 0 Å². The third-order valence-electron chi connectivity index (χ3n) is 4.18. The number of ether oxygens (including phenoxy) is 2. The first-order valence-electron chi connectivity index (χ1n) is 8.23. The molecular weight excluding hydrogens is 320 g/mol. The summed E-state index contributed by atoms with van der Waals surface area (Å²) in [6.45, 7) is 1.23. The van der Waals surface area contributed by atoms with Gasteiger partial charge in [0.2, 0.25) is 5.91 Å². The van der Waals surface area contributed by atoms with E-state index in [0.717, 1.165) is 19.3 Å². The number of methoxy groups -OCH3 is 2. The molecule has 0 N–H and O–H groups in total. The smallest absolute Gasteiger partial charge is 0.247 e. The summed E-state index contributed by atoms with van der Waals surface area (Å²) < 4.78 is 10.4. The van der Waals surface area contributed by atoms with Crippen LogP contribution in [0.15, 0.2) is 24.3 Å². The quantitative estimate of drug-likeness (QED) is 0.586. The number of benzene rings is 1. The fourth-order valence-electron chi connectivity index (χ4n) is 2.77. The second kappa shape index (κ2) is 8.88. The van der Waals surface area contributed by atoms with Crippen molar-refractivity contribution in [3.8, 4) is 17.6 Å². The number of ketones is 1. The van der Waals surface area contributed by atoms with E-state index in [1.54, 1.807) is 36.3 Å². The molecule has 1 saturated heterocycles. The van der Waals surface area contributed by atoms with Crippen molar-refractivity contribution in [3.63, 3.8) is 0 Å². The lowest BCUT2D eigenvalue weighted by Crippen LogP contribution is -2.41. The van der Waals surface area contributed by atoms with Gasteiger partial charge in [-0.2, -0.15) is 5.26 Å². The molecule has 132 valence electrons. The summed E-state index contributed by atoms with van der Waals surface area (Å²) >= 11 is 0. The molecule has 1 aliphatic rings. The molecule has 0 spiro atoms. The number of hydrogen-bond acceptors (Lipinski definition) is 5. The molecule has 0 bridgehead atoms. The molecule has 0 saturated carbocycles. The zero-order chi connectivity index (χ0) is 18.2. The molecule has 0 aromatic heterocycles. The van der Waals surface area contributed by atoms with Crippen LogP contribution in [0.25, 0.3) is 6.08 Å². The molecular formula is C19H22N2O4. The first kappa shape index (κ1) is 18.5. The molecule has 1 aliphatic heterocycles. The van der Waals surface area contributed by atoms with E-state index >= 15 is 0 Å². The average Bonchev–Trinajstić information content (AvgIpc) is 2.67. The zero-order valence-electron chi connectivity index (χ0n) is 14.5. The van der Waals surface area contributed by atoms with Crippen LogP contribution >= 0.6 is 0 Å². The normalized spacial score (nSPS) is 15.5. The monoisotopic (exact) mass is 342 g/mol. The third-order valence-corrected chi connectivity index (χ3v) is 4.18. The maximum atomic E-state index is 12.4. The number of nitrogens with zero attached hydrogens (tertiary/aromatic N) is 2. The van der Waals surface area contributed by atoms with Crippen molar-refractivity contribution < 1.29 is 19.1 Å². The molecule has 0 unspecified atom stereocenters. The van der Waals surface area contributed by atoms with Crippen molar-refractivity contribution in [2.24, 2.45) is 5.92 Å². The van der Waals surface area contributed by atoms with Gasteiger partial charge in [0, 0.05) is 13.1 Å². The lowest BCUT2D eigenvalue weighted by atomic mass is 10.0. The molecule has 2 rings (SSSR count). The Bertz CT molecular complexity index is 700. The molecule has 1 atom stereocenters. The molecule has 1 aromatic carbocycles. The van der Waals surface area contributed by atoms with E-state index < -0.39 is 17.6 Å². The van der Waals surface area contributed by atoms with E-state index in [9.17, 15) is 14.9 Å². The molecule has 1 fully saturated rings. The molecule has 1 amide bonds. The molecule has 1 heterocycles. The summed E-state index contributed by atoms with van der Waals surface area (Å²) in [6, 6.07) is 7.05. The van der Waals surface area contributed by atoms with Crippen molar-refractivity contribution in [2.45, 2.75) is 19.3 Å². The summed E-state index contributed by atoms with van der Waals surface area (Å²) in [4.78, 5) is 26.3. The van der Waals surface area contributed by atoms with Crippen LogP contribution in [-0.4, -0.2) is 43.9 Å². The molecule has 1 aromatic rings.